The molecule has 0 spiro atoms. The first kappa shape index (κ1) is 24.9. The van der Waals surface area contributed by atoms with Gasteiger partial charge in [0.05, 0.1) is 23.3 Å². The number of anilines is 1. The van der Waals surface area contributed by atoms with E-state index in [1.165, 1.54) is 39.5 Å². The fourth-order valence-electron chi connectivity index (χ4n) is 3.67. The normalized spacial score (nSPS) is 17.3. The van der Waals surface area contributed by atoms with Crippen molar-refractivity contribution in [3.05, 3.63) is 65.6 Å². The van der Waals surface area contributed by atoms with Gasteiger partial charge >= 0.3 is 0 Å². The van der Waals surface area contributed by atoms with E-state index in [1.807, 2.05) is 6.92 Å². The van der Waals surface area contributed by atoms with Crippen molar-refractivity contribution in [3.63, 3.8) is 0 Å². The Kier molecular flexibility index (Phi) is 7.61. The van der Waals surface area contributed by atoms with Crippen LogP contribution in [0.15, 0.2) is 64.9 Å². The zero-order valence-electron chi connectivity index (χ0n) is 18.8. The van der Waals surface area contributed by atoms with Crippen LogP contribution in [0.4, 0.5) is 5.69 Å². The number of benzene rings is 2. The smallest absolute Gasteiger partial charge is 0.258 e. The van der Waals surface area contributed by atoms with Crippen molar-refractivity contribution in [1.29, 1.82) is 0 Å². The predicted molar refractivity (Wildman–Crippen MR) is 128 cm³/mol. The van der Waals surface area contributed by atoms with E-state index < -0.39 is 31.8 Å². The molecule has 0 aliphatic carbocycles. The summed E-state index contributed by atoms with van der Waals surface area (Å²) in [5.41, 5.74) is 0.759. The predicted octanol–water partition coefficient (Wildman–Crippen LogP) is 3.07. The molecule has 1 amide bonds. The van der Waals surface area contributed by atoms with Gasteiger partial charge in [-0.3, -0.25) is 4.79 Å². The van der Waals surface area contributed by atoms with Gasteiger partial charge in [-0.1, -0.05) is 13.8 Å². The Bertz CT molecular complexity index is 1220. The molecule has 0 saturated carbocycles. The Morgan fingerprint density at radius 3 is 2.09 bits per heavy atom. The number of nitrogens with zero attached hydrogens (tertiary/aromatic N) is 2. The summed E-state index contributed by atoms with van der Waals surface area (Å²) in [7, 11) is -7.06. The third-order valence-electron chi connectivity index (χ3n) is 5.33. The van der Waals surface area contributed by atoms with E-state index in [2.05, 4.69) is 0 Å². The lowest BCUT2D eigenvalue weighted by Gasteiger charge is -2.28. The van der Waals surface area contributed by atoms with Crippen LogP contribution >= 0.6 is 0 Å². The lowest BCUT2D eigenvalue weighted by Crippen LogP contribution is -2.41. The molecular weight excluding hydrogens is 464 g/mol. The van der Waals surface area contributed by atoms with Crippen molar-refractivity contribution in [1.82, 2.24) is 4.31 Å². The number of amides is 1. The number of hydrogen-bond acceptors (Lipinski definition) is 6. The highest BCUT2D eigenvalue weighted by atomic mass is 32.2. The molecule has 178 valence electrons. The molecule has 2 aromatic carbocycles. The summed E-state index contributed by atoms with van der Waals surface area (Å²) in [4.78, 5) is 15.0. The molecule has 10 heteroatoms. The first-order valence-electron chi connectivity index (χ1n) is 10.7. The third kappa shape index (κ3) is 5.45. The minimum absolute atomic E-state index is 0.0960. The van der Waals surface area contributed by atoms with Crippen molar-refractivity contribution in [2.75, 3.05) is 30.3 Å². The quantitative estimate of drug-likeness (QED) is 0.533. The molecule has 0 N–H and O–H groups in total. The summed E-state index contributed by atoms with van der Waals surface area (Å²) in [5, 5.41) is 1.12. The number of carbonyl (C=O) groups excluding carboxylic acids is 1. The minimum atomic E-state index is -3.65. The lowest BCUT2D eigenvalue weighted by molar-refractivity contribution is 0.0983. The number of sulfonamides is 1. The summed E-state index contributed by atoms with van der Waals surface area (Å²) in [6.45, 7) is 6.56. The van der Waals surface area contributed by atoms with Crippen molar-refractivity contribution in [2.24, 2.45) is 0 Å². The van der Waals surface area contributed by atoms with Crippen LogP contribution in [-0.4, -0.2) is 58.5 Å². The van der Waals surface area contributed by atoms with E-state index >= 15 is 0 Å². The van der Waals surface area contributed by atoms with Gasteiger partial charge in [0, 0.05) is 29.7 Å². The van der Waals surface area contributed by atoms with E-state index in [1.54, 1.807) is 38.1 Å². The average Bonchev–Trinajstić information content (AvgIpc) is 3.15. The molecule has 1 aliphatic heterocycles. The van der Waals surface area contributed by atoms with Gasteiger partial charge < -0.3 is 9.64 Å². The maximum absolute atomic E-state index is 13.5. The van der Waals surface area contributed by atoms with Crippen molar-refractivity contribution >= 4 is 31.5 Å². The standard InChI is InChI=1S/C23H28N2O6S2/c1-4-24(5-2)33(29,30)22-13-7-18(8-14-22)23(26)25(20-15-16-32(27,28)17-20)19-9-11-21(12-10-19)31-6-3/h7-16,20H,4-6,17H2,1-3H3. The van der Waals surface area contributed by atoms with Gasteiger partial charge in [0.1, 0.15) is 5.75 Å². The molecule has 33 heavy (non-hydrogen) atoms. The van der Waals surface area contributed by atoms with Gasteiger partial charge in [0.15, 0.2) is 9.84 Å². The fraction of sp³-hybridized carbons (Fsp3) is 0.348. The maximum atomic E-state index is 13.5. The molecule has 0 fully saturated rings. The SMILES string of the molecule is CCOc1ccc(N(C(=O)c2ccc(S(=O)(=O)N(CC)CC)cc2)C2C=CS(=O)(=O)C2)cc1. The van der Waals surface area contributed by atoms with E-state index in [4.69, 9.17) is 4.74 Å². The molecule has 1 aliphatic rings. The molecule has 3 rings (SSSR count). The van der Waals surface area contributed by atoms with Gasteiger partial charge in [0.25, 0.3) is 5.91 Å². The van der Waals surface area contributed by atoms with Crippen molar-refractivity contribution < 1.29 is 26.4 Å². The van der Waals surface area contributed by atoms with E-state index in [-0.39, 0.29) is 16.2 Å². The minimum Gasteiger partial charge on any atom is -0.494 e. The molecule has 0 radical (unpaired) electrons. The largest absolute Gasteiger partial charge is 0.494 e. The van der Waals surface area contributed by atoms with Gasteiger partial charge in [-0.05, 0) is 61.5 Å². The van der Waals surface area contributed by atoms with Crippen molar-refractivity contribution in [2.45, 2.75) is 31.7 Å². The lowest BCUT2D eigenvalue weighted by atomic mass is 10.1. The van der Waals surface area contributed by atoms with Crippen LogP contribution in [-0.2, 0) is 19.9 Å². The molecule has 1 atom stereocenters. The highest BCUT2D eigenvalue weighted by Gasteiger charge is 2.32. The summed E-state index contributed by atoms with van der Waals surface area (Å²) in [6.07, 6.45) is 1.49. The number of rotatable bonds is 9. The zero-order valence-corrected chi connectivity index (χ0v) is 20.5. The van der Waals surface area contributed by atoms with E-state index in [9.17, 15) is 21.6 Å². The molecule has 1 unspecified atom stereocenters. The van der Waals surface area contributed by atoms with Crippen LogP contribution in [0.5, 0.6) is 5.75 Å². The molecule has 8 nitrogen and oxygen atoms in total. The van der Waals surface area contributed by atoms with Crippen LogP contribution in [0.2, 0.25) is 0 Å². The highest BCUT2D eigenvalue weighted by Crippen LogP contribution is 2.27. The number of hydrogen-bond donors (Lipinski definition) is 0. The first-order chi connectivity index (χ1) is 15.6. The van der Waals surface area contributed by atoms with Crippen LogP contribution in [0.25, 0.3) is 0 Å². The summed E-state index contributed by atoms with van der Waals surface area (Å²) >= 11 is 0. The molecule has 0 bridgehead atoms. The maximum Gasteiger partial charge on any atom is 0.258 e. The Morgan fingerprint density at radius 2 is 1.61 bits per heavy atom. The summed E-state index contributed by atoms with van der Waals surface area (Å²) in [6, 6.07) is 11.8. The summed E-state index contributed by atoms with van der Waals surface area (Å²) in [5.74, 6) is -0.0210. The van der Waals surface area contributed by atoms with E-state index in [0.717, 1.165) is 5.41 Å². The number of sulfone groups is 1. The monoisotopic (exact) mass is 492 g/mol. The zero-order chi connectivity index (χ0) is 24.2. The van der Waals surface area contributed by atoms with Crippen LogP contribution in [0.1, 0.15) is 31.1 Å². The Labute approximate surface area is 195 Å². The highest BCUT2D eigenvalue weighted by molar-refractivity contribution is 7.94. The molecule has 2 aromatic rings. The molecule has 1 heterocycles. The van der Waals surface area contributed by atoms with Gasteiger partial charge in [-0.15, -0.1) is 0 Å². The number of carbonyl (C=O) groups is 1. The fourth-order valence-corrected chi connectivity index (χ4v) is 6.40. The second-order valence-corrected chi connectivity index (χ2v) is 11.3. The second-order valence-electron chi connectivity index (χ2n) is 7.44. The van der Waals surface area contributed by atoms with Crippen LogP contribution < -0.4 is 9.64 Å². The van der Waals surface area contributed by atoms with Gasteiger partial charge in [-0.25, -0.2) is 16.8 Å². The Balaban J connectivity index is 1.96. The second kappa shape index (κ2) is 10.1. The number of ether oxygens (including phenoxy) is 1. The Hall–Kier alpha value is -2.69. The molecular formula is C23H28N2O6S2. The van der Waals surface area contributed by atoms with Gasteiger partial charge in [-0.2, -0.15) is 4.31 Å². The van der Waals surface area contributed by atoms with Gasteiger partial charge in [0.2, 0.25) is 10.0 Å². The molecule has 0 saturated heterocycles. The first-order valence-corrected chi connectivity index (χ1v) is 13.9. The van der Waals surface area contributed by atoms with Crippen LogP contribution in [0, 0.1) is 0 Å². The molecule has 0 aromatic heterocycles. The topological polar surface area (TPSA) is 101 Å². The average molecular weight is 493 g/mol. The third-order valence-corrected chi connectivity index (χ3v) is 8.77. The van der Waals surface area contributed by atoms with E-state index in [0.29, 0.717) is 31.1 Å². The van der Waals surface area contributed by atoms with Crippen LogP contribution in [0.3, 0.4) is 0 Å². The summed E-state index contributed by atoms with van der Waals surface area (Å²) < 4.78 is 56.3. The van der Waals surface area contributed by atoms with Crippen molar-refractivity contribution in [3.8, 4) is 5.75 Å². The Morgan fingerprint density at radius 1 is 1.00 bits per heavy atom.